The van der Waals surface area contributed by atoms with Gasteiger partial charge in [0.1, 0.15) is 18.0 Å². The second-order valence-electron chi connectivity index (χ2n) is 7.86. The molecule has 1 heterocycles. The highest BCUT2D eigenvalue weighted by Gasteiger charge is 2.27. The van der Waals surface area contributed by atoms with Crippen molar-refractivity contribution in [3.8, 4) is 11.5 Å². The molecule has 0 aliphatic carbocycles. The number of benzene rings is 1. The molecule has 178 valence electrons. The number of esters is 2. The second-order valence-corrected chi connectivity index (χ2v) is 7.86. The van der Waals surface area contributed by atoms with Crippen molar-refractivity contribution in [2.75, 3.05) is 7.11 Å². The summed E-state index contributed by atoms with van der Waals surface area (Å²) in [7, 11) is 1.36. The second kappa shape index (κ2) is 10.9. The van der Waals surface area contributed by atoms with E-state index >= 15 is 0 Å². The number of carbonyl (C=O) groups excluding carboxylic acids is 3. The van der Waals surface area contributed by atoms with Gasteiger partial charge in [0, 0.05) is 25.1 Å². The summed E-state index contributed by atoms with van der Waals surface area (Å²) in [6.07, 6.45) is 0.784. The Balaban J connectivity index is 2.12. The van der Waals surface area contributed by atoms with Crippen LogP contribution in [0, 0.1) is 19.7 Å². The highest BCUT2D eigenvalue weighted by molar-refractivity contribution is 5.98. The van der Waals surface area contributed by atoms with E-state index in [9.17, 15) is 18.8 Å². The first-order valence-electron chi connectivity index (χ1n) is 10.5. The van der Waals surface area contributed by atoms with Crippen LogP contribution in [0.4, 0.5) is 4.39 Å². The van der Waals surface area contributed by atoms with Crippen LogP contribution in [0.1, 0.15) is 60.8 Å². The lowest BCUT2D eigenvalue weighted by Gasteiger charge is -2.25. The number of aryl methyl sites for hydroxylation is 2. The molecule has 8 nitrogen and oxygen atoms in total. The Hall–Kier alpha value is -3.49. The van der Waals surface area contributed by atoms with Crippen LogP contribution >= 0.6 is 0 Å². The molecule has 2 rings (SSSR count). The molecule has 1 amide bonds. The number of aromatic nitrogens is 1. The van der Waals surface area contributed by atoms with Gasteiger partial charge in [0.15, 0.2) is 11.4 Å². The quantitative estimate of drug-likeness (QED) is 0.600. The number of amides is 1. The number of nitrogens with zero attached hydrogens (tertiary/aromatic N) is 1. The first-order valence-corrected chi connectivity index (χ1v) is 10.5. The van der Waals surface area contributed by atoms with Gasteiger partial charge in [-0.3, -0.25) is 9.59 Å². The van der Waals surface area contributed by atoms with Crippen molar-refractivity contribution in [2.45, 2.75) is 59.6 Å². The lowest BCUT2D eigenvalue weighted by molar-refractivity contribution is -0.151. The van der Waals surface area contributed by atoms with E-state index in [1.165, 1.54) is 45.4 Å². The molecule has 0 fully saturated rings. The minimum Gasteiger partial charge on any atom is -0.493 e. The molecule has 1 aromatic heterocycles. The Morgan fingerprint density at radius 3 is 2.24 bits per heavy atom. The van der Waals surface area contributed by atoms with Crippen LogP contribution < -0.4 is 14.8 Å². The van der Waals surface area contributed by atoms with Crippen molar-refractivity contribution in [2.24, 2.45) is 0 Å². The molecule has 0 unspecified atom stereocenters. The Morgan fingerprint density at radius 1 is 1.09 bits per heavy atom. The fourth-order valence-corrected chi connectivity index (χ4v) is 3.58. The minimum absolute atomic E-state index is 0.144. The summed E-state index contributed by atoms with van der Waals surface area (Å²) in [6.45, 7) is 9.89. The van der Waals surface area contributed by atoms with Crippen molar-refractivity contribution in [1.29, 1.82) is 0 Å². The molecule has 0 aliphatic rings. The van der Waals surface area contributed by atoms with Crippen molar-refractivity contribution in [1.82, 2.24) is 10.3 Å². The Kier molecular flexibility index (Phi) is 8.50. The van der Waals surface area contributed by atoms with Gasteiger partial charge in [0.05, 0.1) is 7.11 Å². The number of carbonyl (C=O) groups is 3. The average molecular weight is 461 g/mol. The van der Waals surface area contributed by atoms with Gasteiger partial charge in [-0.1, -0.05) is 6.92 Å². The topological polar surface area (TPSA) is 104 Å². The molecular formula is C24H29FN2O6. The number of halogens is 1. The molecule has 0 aliphatic heterocycles. The van der Waals surface area contributed by atoms with Gasteiger partial charge in [0.2, 0.25) is 5.75 Å². The van der Waals surface area contributed by atoms with E-state index in [0.29, 0.717) is 0 Å². The number of methoxy groups -OCH3 is 1. The van der Waals surface area contributed by atoms with E-state index in [2.05, 4.69) is 10.3 Å². The zero-order chi connectivity index (χ0) is 24.9. The molecule has 0 radical (unpaired) electrons. The summed E-state index contributed by atoms with van der Waals surface area (Å²) in [5.41, 5.74) is 2.24. The lowest BCUT2D eigenvalue weighted by atomic mass is 9.88. The highest BCUT2D eigenvalue weighted by Crippen LogP contribution is 2.30. The summed E-state index contributed by atoms with van der Waals surface area (Å²) in [5.74, 6) is -2.56. The summed E-state index contributed by atoms with van der Waals surface area (Å²) < 4.78 is 29.4. The molecule has 0 spiro atoms. The van der Waals surface area contributed by atoms with Crippen LogP contribution in [-0.4, -0.2) is 42.1 Å². The highest BCUT2D eigenvalue weighted by atomic mass is 19.1. The fraction of sp³-hybridized carbons (Fsp3) is 0.417. The largest absolute Gasteiger partial charge is 0.493 e. The molecule has 2 aromatic rings. The summed E-state index contributed by atoms with van der Waals surface area (Å²) in [5, 5.41) is 2.50. The van der Waals surface area contributed by atoms with Gasteiger partial charge >= 0.3 is 11.9 Å². The maximum Gasteiger partial charge on any atom is 0.328 e. The molecule has 9 heteroatoms. The first kappa shape index (κ1) is 25.8. The first-order chi connectivity index (χ1) is 15.5. The fourth-order valence-electron chi connectivity index (χ4n) is 3.58. The van der Waals surface area contributed by atoms with Crippen molar-refractivity contribution < 1.29 is 33.0 Å². The molecular weight excluding hydrogens is 431 g/mol. The maximum absolute atomic E-state index is 13.6. The molecule has 3 atom stereocenters. The predicted octanol–water partition coefficient (Wildman–Crippen LogP) is 3.63. The zero-order valence-corrected chi connectivity index (χ0v) is 19.8. The zero-order valence-electron chi connectivity index (χ0n) is 19.8. The van der Waals surface area contributed by atoms with Gasteiger partial charge < -0.3 is 19.5 Å². The van der Waals surface area contributed by atoms with Gasteiger partial charge in [0.25, 0.3) is 5.91 Å². The van der Waals surface area contributed by atoms with Crippen molar-refractivity contribution in [3.05, 3.63) is 52.6 Å². The van der Waals surface area contributed by atoms with E-state index < -0.39 is 30.0 Å². The SMILES string of the molecule is COc1ccnc(C(=O)N[C@@H](C)C(=O)O[C@@H](C)[C@@H](C)c2c(C)cc(F)cc2C)c1OC(C)=O. The third kappa shape index (κ3) is 6.27. The van der Waals surface area contributed by atoms with E-state index in [-0.39, 0.29) is 28.9 Å². The number of pyridine rings is 1. The summed E-state index contributed by atoms with van der Waals surface area (Å²) >= 11 is 0. The van der Waals surface area contributed by atoms with E-state index in [1.807, 2.05) is 6.92 Å². The summed E-state index contributed by atoms with van der Waals surface area (Å²) in [6, 6.07) is 3.31. The van der Waals surface area contributed by atoms with E-state index in [4.69, 9.17) is 14.2 Å². The number of nitrogens with one attached hydrogen (secondary N) is 1. The van der Waals surface area contributed by atoms with Gasteiger partial charge in [-0.2, -0.15) is 0 Å². The van der Waals surface area contributed by atoms with Gasteiger partial charge in [-0.15, -0.1) is 0 Å². The molecule has 1 aromatic carbocycles. The molecule has 0 bridgehead atoms. The molecule has 0 saturated carbocycles. The standard InChI is InChI=1S/C24H29FN2O6/c1-12-10-18(25)11-13(2)20(12)14(3)16(5)32-24(30)15(4)27-23(29)21-22(33-17(6)28)19(31-7)8-9-26-21/h8-11,14-16H,1-7H3,(H,27,29)/t14-,15+,16+/m1/s1. The maximum atomic E-state index is 13.6. The Bertz CT molecular complexity index is 1030. The van der Waals surface area contributed by atoms with E-state index in [1.54, 1.807) is 20.8 Å². The number of ether oxygens (including phenoxy) is 3. The molecule has 33 heavy (non-hydrogen) atoms. The van der Waals surface area contributed by atoms with Crippen LogP contribution in [0.15, 0.2) is 24.4 Å². The van der Waals surface area contributed by atoms with Crippen LogP contribution in [0.5, 0.6) is 11.5 Å². The monoisotopic (exact) mass is 460 g/mol. The van der Waals surface area contributed by atoms with Gasteiger partial charge in [-0.25, -0.2) is 14.2 Å². The van der Waals surface area contributed by atoms with Crippen LogP contribution in [0.25, 0.3) is 0 Å². The third-order valence-corrected chi connectivity index (χ3v) is 5.27. The summed E-state index contributed by atoms with van der Waals surface area (Å²) in [4.78, 5) is 40.7. The van der Waals surface area contributed by atoms with Crippen LogP contribution in [0.3, 0.4) is 0 Å². The molecule has 0 saturated heterocycles. The third-order valence-electron chi connectivity index (χ3n) is 5.27. The minimum atomic E-state index is -1.01. The van der Waals surface area contributed by atoms with E-state index in [0.717, 1.165) is 16.7 Å². The van der Waals surface area contributed by atoms with Crippen LogP contribution in [0.2, 0.25) is 0 Å². The lowest BCUT2D eigenvalue weighted by Crippen LogP contribution is -2.41. The normalized spacial score (nSPS) is 13.5. The molecule has 1 N–H and O–H groups in total. The van der Waals surface area contributed by atoms with Crippen molar-refractivity contribution in [3.63, 3.8) is 0 Å². The Morgan fingerprint density at radius 2 is 1.70 bits per heavy atom. The predicted molar refractivity (Wildman–Crippen MR) is 119 cm³/mol. The van der Waals surface area contributed by atoms with Crippen molar-refractivity contribution >= 4 is 17.8 Å². The number of hydrogen-bond donors (Lipinski definition) is 1. The Labute approximate surface area is 192 Å². The number of rotatable bonds is 8. The number of hydrogen-bond acceptors (Lipinski definition) is 7. The smallest absolute Gasteiger partial charge is 0.328 e. The van der Waals surface area contributed by atoms with Crippen LogP contribution in [-0.2, 0) is 14.3 Å². The average Bonchev–Trinajstić information content (AvgIpc) is 2.72. The van der Waals surface area contributed by atoms with Gasteiger partial charge in [-0.05, 0) is 56.5 Å².